The summed E-state index contributed by atoms with van der Waals surface area (Å²) in [7, 11) is 0. The maximum Gasteiger partial charge on any atom is 0.148 e. The van der Waals surface area contributed by atoms with Crippen molar-refractivity contribution in [2.75, 3.05) is 6.61 Å². The van der Waals surface area contributed by atoms with Gasteiger partial charge in [-0.2, -0.15) is 5.10 Å². The molecule has 2 rings (SSSR count). The molecule has 0 spiro atoms. The van der Waals surface area contributed by atoms with Gasteiger partial charge in [-0.3, -0.25) is 5.10 Å². The monoisotopic (exact) mass is 241 g/mol. The Hall–Kier alpha value is -2.25. The van der Waals surface area contributed by atoms with Gasteiger partial charge in [0.15, 0.2) is 0 Å². The van der Waals surface area contributed by atoms with Crippen LogP contribution in [0.1, 0.15) is 11.3 Å². The minimum atomic E-state index is 0.289. The van der Waals surface area contributed by atoms with Gasteiger partial charge in [-0.1, -0.05) is 24.1 Å². The summed E-state index contributed by atoms with van der Waals surface area (Å²) in [6, 6.07) is 9.80. The normalized spacial score (nSPS) is 9.94. The largest absolute Gasteiger partial charge is 0.481 e. The van der Waals surface area contributed by atoms with Gasteiger partial charge >= 0.3 is 0 Å². The van der Waals surface area contributed by atoms with E-state index in [-0.39, 0.29) is 6.61 Å². The summed E-state index contributed by atoms with van der Waals surface area (Å²) in [5.41, 5.74) is 2.14. The Morgan fingerprint density at radius 1 is 1.28 bits per heavy atom. The number of nitrogens with zero attached hydrogens (tertiary/aromatic N) is 1. The van der Waals surface area contributed by atoms with E-state index in [1.54, 1.807) is 6.20 Å². The van der Waals surface area contributed by atoms with Gasteiger partial charge in [0, 0.05) is 30.5 Å². The summed E-state index contributed by atoms with van der Waals surface area (Å²) < 4.78 is 5.48. The SMILES string of the molecule is C#CCOc1ccccc1CNCc1ccn[nH]1. The lowest BCUT2D eigenvalue weighted by Crippen LogP contribution is -2.14. The number of aromatic nitrogens is 2. The highest BCUT2D eigenvalue weighted by Gasteiger charge is 2.02. The third-order valence-corrected chi connectivity index (χ3v) is 2.47. The minimum Gasteiger partial charge on any atom is -0.481 e. The van der Waals surface area contributed by atoms with Crippen molar-refractivity contribution < 1.29 is 4.74 Å². The minimum absolute atomic E-state index is 0.289. The van der Waals surface area contributed by atoms with Crippen molar-refractivity contribution in [3.8, 4) is 18.1 Å². The van der Waals surface area contributed by atoms with E-state index < -0.39 is 0 Å². The summed E-state index contributed by atoms with van der Waals surface area (Å²) in [6.45, 7) is 1.75. The van der Waals surface area contributed by atoms with E-state index in [1.807, 2.05) is 30.3 Å². The number of terminal acetylenes is 1. The summed E-state index contributed by atoms with van der Waals surface area (Å²) in [4.78, 5) is 0. The van der Waals surface area contributed by atoms with Crippen LogP contribution in [-0.4, -0.2) is 16.8 Å². The maximum atomic E-state index is 5.48. The van der Waals surface area contributed by atoms with Crippen LogP contribution >= 0.6 is 0 Å². The van der Waals surface area contributed by atoms with Gasteiger partial charge in [0.05, 0.1) is 0 Å². The van der Waals surface area contributed by atoms with Crippen LogP contribution in [0.5, 0.6) is 5.75 Å². The Morgan fingerprint density at radius 3 is 2.94 bits per heavy atom. The highest BCUT2D eigenvalue weighted by molar-refractivity contribution is 5.33. The Bertz CT molecular complexity index is 514. The third kappa shape index (κ3) is 3.37. The van der Waals surface area contributed by atoms with Crippen LogP contribution in [-0.2, 0) is 13.1 Å². The van der Waals surface area contributed by atoms with Crippen molar-refractivity contribution in [2.45, 2.75) is 13.1 Å². The predicted molar refractivity (Wildman–Crippen MR) is 69.9 cm³/mol. The van der Waals surface area contributed by atoms with Crippen molar-refractivity contribution in [3.63, 3.8) is 0 Å². The molecule has 0 atom stereocenters. The average molecular weight is 241 g/mol. The van der Waals surface area contributed by atoms with Crippen LogP contribution in [0, 0.1) is 12.3 Å². The van der Waals surface area contributed by atoms with E-state index in [1.165, 1.54) is 0 Å². The molecule has 2 N–H and O–H groups in total. The quantitative estimate of drug-likeness (QED) is 0.757. The van der Waals surface area contributed by atoms with Crippen molar-refractivity contribution in [2.24, 2.45) is 0 Å². The second-order valence-corrected chi connectivity index (χ2v) is 3.79. The Balaban J connectivity index is 1.90. The summed E-state index contributed by atoms with van der Waals surface area (Å²) in [6.07, 6.45) is 6.93. The first-order valence-electron chi connectivity index (χ1n) is 5.73. The molecular formula is C14H15N3O. The second-order valence-electron chi connectivity index (χ2n) is 3.79. The lowest BCUT2D eigenvalue weighted by atomic mass is 10.2. The average Bonchev–Trinajstić information content (AvgIpc) is 2.91. The molecule has 92 valence electrons. The lowest BCUT2D eigenvalue weighted by molar-refractivity contribution is 0.364. The first kappa shape index (κ1) is 12.2. The second kappa shape index (κ2) is 6.48. The van der Waals surface area contributed by atoms with Gasteiger partial charge in [-0.05, 0) is 12.1 Å². The molecule has 0 aliphatic heterocycles. The molecule has 1 aromatic heterocycles. The van der Waals surface area contributed by atoms with E-state index in [2.05, 4.69) is 21.4 Å². The first-order chi connectivity index (χ1) is 8.90. The molecule has 1 heterocycles. The summed E-state index contributed by atoms with van der Waals surface area (Å²) in [5.74, 6) is 3.29. The van der Waals surface area contributed by atoms with Gasteiger partial charge < -0.3 is 10.1 Å². The zero-order valence-corrected chi connectivity index (χ0v) is 10.0. The van der Waals surface area contributed by atoms with Gasteiger partial charge in [-0.15, -0.1) is 6.42 Å². The van der Waals surface area contributed by atoms with E-state index in [4.69, 9.17) is 11.2 Å². The van der Waals surface area contributed by atoms with Gasteiger partial charge in [0.25, 0.3) is 0 Å². The molecule has 0 saturated heterocycles. The summed E-state index contributed by atoms with van der Waals surface area (Å²) in [5, 5.41) is 10.1. The molecule has 4 heteroatoms. The number of ether oxygens (including phenoxy) is 1. The molecule has 0 unspecified atom stereocenters. The molecule has 0 radical (unpaired) electrons. The number of para-hydroxylation sites is 1. The number of aromatic amines is 1. The van der Waals surface area contributed by atoms with Crippen molar-refractivity contribution in [1.29, 1.82) is 0 Å². The van der Waals surface area contributed by atoms with Gasteiger partial charge in [-0.25, -0.2) is 0 Å². The van der Waals surface area contributed by atoms with Crippen LogP contribution in [0.25, 0.3) is 0 Å². The van der Waals surface area contributed by atoms with Crippen molar-refractivity contribution in [3.05, 3.63) is 47.8 Å². The molecule has 2 aromatic rings. The summed E-state index contributed by atoms with van der Waals surface area (Å²) >= 11 is 0. The fourth-order valence-electron chi connectivity index (χ4n) is 1.63. The fourth-order valence-corrected chi connectivity index (χ4v) is 1.63. The van der Waals surface area contributed by atoms with Crippen LogP contribution < -0.4 is 10.1 Å². The molecule has 0 aliphatic carbocycles. The highest BCUT2D eigenvalue weighted by atomic mass is 16.5. The van der Waals surface area contributed by atoms with Crippen LogP contribution in [0.3, 0.4) is 0 Å². The molecule has 0 saturated carbocycles. The smallest absolute Gasteiger partial charge is 0.148 e. The lowest BCUT2D eigenvalue weighted by Gasteiger charge is -2.10. The molecule has 0 amide bonds. The molecule has 0 aliphatic rings. The van der Waals surface area contributed by atoms with Gasteiger partial charge in [0.1, 0.15) is 12.4 Å². The Kier molecular flexibility index (Phi) is 4.39. The van der Waals surface area contributed by atoms with Gasteiger partial charge in [0.2, 0.25) is 0 Å². The topological polar surface area (TPSA) is 49.9 Å². The number of rotatable bonds is 6. The first-order valence-corrected chi connectivity index (χ1v) is 5.73. The standard InChI is InChI=1S/C14H15N3O/c1-2-9-18-14-6-4-3-5-12(14)10-15-11-13-7-8-16-17-13/h1,3-8,15H,9-11H2,(H,16,17). The van der Waals surface area contributed by atoms with Crippen LogP contribution in [0.4, 0.5) is 0 Å². The van der Waals surface area contributed by atoms with Crippen LogP contribution in [0.15, 0.2) is 36.5 Å². The fraction of sp³-hybridized carbons (Fsp3) is 0.214. The number of nitrogens with one attached hydrogen (secondary N) is 2. The molecule has 0 fully saturated rings. The number of H-pyrrole nitrogens is 1. The predicted octanol–water partition coefficient (Wildman–Crippen LogP) is 1.71. The van der Waals surface area contributed by atoms with E-state index in [9.17, 15) is 0 Å². The molecule has 1 aromatic carbocycles. The van der Waals surface area contributed by atoms with E-state index in [0.29, 0.717) is 0 Å². The number of hydrogen-bond acceptors (Lipinski definition) is 3. The molecule has 0 bridgehead atoms. The zero-order chi connectivity index (χ0) is 12.6. The Labute approximate surface area is 106 Å². The van der Waals surface area contributed by atoms with Crippen molar-refractivity contribution in [1.82, 2.24) is 15.5 Å². The molecule has 4 nitrogen and oxygen atoms in total. The number of benzene rings is 1. The molecule has 18 heavy (non-hydrogen) atoms. The Morgan fingerprint density at radius 2 is 2.17 bits per heavy atom. The highest BCUT2D eigenvalue weighted by Crippen LogP contribution is 2.17. The third-order valence-electron chi connectivity index (χ3n) is 2.47. The van der Waals surface area contributed by atoms with E-state index in [0.717, 1.165) is 30.1 Å². The van der Waals surface area contributed by atoms with Crippen LogP contribution in [0.2, 0.25) is 0 Å². The maximum absolute atomic E-state index is 5.48. The zero-order valence-electron chi connectivity index (χ0n) is 10.0. The van der Waals surface area contributed by atoms with Crippen molar-refractivity contribution >= 4 is 0 Å². The molecular weight excluding hydrogens is 226 g/mol. The van der Waals surface area contributed by atoms with E-state index >= 15 is 0 Å². The number of hydrogen-bond donors (Lipinski definition) is 2.